The average molecular weight is 537 g/mol. The van der Waals surface area contributed by atoms with Crippen LogP contribution in [-0.4, -0.2) is 89.9 Å². The van der Waals surface area contributed by atoms with Crippen molar-refractivity contribution in [3.63, 3.8) is 0 Å². The molecule has 4 fully saturated rings. The molecule has 0 amide bonds. The number of carbonyl (C=O) groups excluding carboxylic acids is 3. The second kappa shape index (κ2) is 8.41. The van der Waals surface area contributed by atoms with Gasteiger partial charge in [0.25, 0.3) is 0 Å². The molecule has 0 aromatic heterocycles. The van der Waals surface area contributed by atoms with E-state index in [-0.39, 0.29) is 57.0 Å². The number of hydrogen-bond acceptors (Lipinski definition) is 10. The molecule has 12 unspecified atom stereocenters. The Labute approximate surface area is 221 Å². The van der Waals surface area contributed by atoms with Gasteiger partial charge >= 0.3 is 5.97 Å². The van der Waals surface area contributed by atoms with Crippen molar-refractivity contribution < 1.29 is 49.8 Å². The van der Waals surface area contributed by atoms with Crippen LogP contribution >= 0.6 is 0 Å². The lowest BCUT2D eigenvalue weighted by atomic mass is 9.43. The first-order valence-corrected chi connectivity index (χ1v) is 13.6. The summed E-state index contributed by atoms with van der Waals surface area (Å²) in [6.45, 7) is 6.44. The molecule has 212 valence electrons. The molecule has 3 saturated carbocycles. The number of rotatable bonds is 4. The highest BCUT2D eigenvalue weighted by Gasteiger charge is 2.74. The summed E-state index contributed by atoms with van der Waals surface area (Å²) < 4.78 is 5.05. The summed E-state index contributed by atoms with van der Waals surface area (Å²) in [4.78, 5) is 38.6. The number of carbonyl (C=O) groups is 3. The van der Waals surface area contributed by atoms with Crippen LogP contribution in [-0.2, 0) is 19.1 Å². The van der Waals surface area contributed by atoms with Gasteiger partial charge in [0.2, 0.25) is 0 Å². The van der Waals surface area contributed by atoms with E-state index in [1.54, 1.807) is 20.8 Å². The quantitative estimate of drug-likeness (QED) is 0.263. The third kappa shape index (κ3) is 3.31. The van der Waals surface area contributed by atoms with Gasteiger partial charge in [-0.1, -0.05) is 20.8 Å². The lowest BCUT2D eigenvalue weighted by molar-refractivity contribution is -0.224. The summed E-state index contributed by atoms with van der Waals surface area (Å²) in [5, 5.41) is 67.8. The van der Waals surface area contributed by atoms with E-state index in [0.29, 0.717) is 5.57 Å². The van der Waals surface area contributed by atoms with E-state index in [1.165, 1.54) is 13.0 Å². The van der Waals surface area contributed by atoms with Crippen molar-refractivity contribution in [1.82, 2.24) is 0 Å². The molecule has 5 rings (SSSR count). The molecule has 12 atom stereocenters. The van der Waals surface area contributed by atoms with Crippen molar-refractivity contribution in [2.24, 2.45) is 34.5 Å². The van der Waals surface area contributed by atoms with Crippen molar-refractivity contribution in [2.75, 3.05) is 6.61 Å². The third-order valence-electron chi connectivity index (χ3n) is 11.6. The predicted octanol–water partition coefficient (Wildman–Crippen LogP) is -0.204. The Kier molecular flexibility index (Phi) is 6.16. The number of ether oxygens (including phenoxy) is 1. The monoisotopic (exact) mass is 536 g/mol. The molecule has 1 saturated heterocycles. The fourth-order valence-corrected chi connectivity index (χ4v) is 8.76. The van der Waals surface area contributed by atoms with Crippen molar-refractivity contribution in [3.8, 4) is 0 Å². The fraction of sp³-hybridized carbons (Fsp3) is 0.821. The highest BCUT2D eigenvalue weighted by atomic mass is 16.5. The SMILES string of the molecule is CC1C(=O)OCC1CC(=O)C(C)(O)C1CCC2(O)C3=CC(=O)C4(O)CC(O)C(O)CC4(C)C3CC(O)C12C. The van der Waals surface area contributed by atoms with Gasteiger partial charge in [-0.2, -0.15) is 0 Å². The minimum atomic E-state index is -1.97. The molecular weight excluding hydrogens is 496 g/mol. The maximum absolute atomic E-state index is 13.4. The van der Waals surface area contributed by atoms with E-state index in [1.807, 2.05) is 0 Å². The molecule has 5 aliphatic rings. The number of hydrogen-bond donors (Lipinski definition) is 6. The van der Waals surface area contributed by atoms with Gasteiger partial charge < -0.3 is 35.4 Å². The Morgan fingerprint density at radius 2 is 1.74 bits per heavy atom. The van der Waals surface area contributed by atoms with E-state index < -0.39 is 75.3 Å². The summed E-state index contributed by atoms with van der Waals surface area (Å²) in [5.41, 5.74) is -7.99. The molecule has 4 aliphatic carbocycles. The number of fused-ring (bicyclic) bond motifs is 5. The molecule has 0 radical (unpaired) electrons. The lowest BCUT2D eigenvalue weighted by Gasteiger charge is -2.63. The van der Waals surface area contributed by atoms with Crippen LogP contribution in [0, 0.1) is 34.5 Å². The number of ketones is 2. The van der Waals surface area contributed by atoms with E-state index in [0.717, 1.165) is 0 Å². The summed E-state index contributed by atoms with van der Waals surface area (Å²) in [5.74, 6) is -3.95. The molecule has 1 heterocycles. The number of esters is 1. The van der Waals surface area contributed by atoms with Gasteiger partial charge in [-0.25, -0.2) is 0 Å². The van der Waals surface area contributed by atoms with Crippen LogP contribution in [0.1, 0.15) is 66.2 Å². The van der Waals surface area contributed by atoms with Gasteiger partial charge in [-0.3, -0.25) is 14.4 Å². The van der Waals surface area contributed by atoms with Crippen LogP contribution in [0.2, 0.25) is 0 Å². The van der Waals surface area contributed by atoms with Crippen LogP contribution in [0.15, 0.2) is 11.6 Å². The Bertz CT molecular complexity index is 1100. The first kappa shape index (κ1) is 27.9. The largest absolute Gasteiger partial charge is 0.465 e. The molecule has 10 nitrogen and oxygen atoms in total. The second-order valence-corrected chi connectivity index (χ2v) is 13.3. The van der Waals surface area contributed by atoms with Crippen LogP contribution in [0.25, 0.3) is 0 Å². The first-order valence-electron chi connectivity index (χ1n) is 13.6. The first-order chi connectivity index (χ1) is 17.4. The Morgan fingerprint density at radius 1 is 1.11 bits per heavy atom. The Hall–Kier alpha value is -1.69. The summed E-state index contributed by atoms with van der Waals surface area (Å²) >= 11 is 0. The smallest absolute Gasteiger partial charge is 0.309 e. The minimum Gasteiger partial charge on any atom is -0.465 e. The van der Waals surface area contributed by atoms with Gasteiger partial charge in [0.05, 0.1) is 36.4 Å². The minimum absolute atomic E-state index is 0.0301. The zero-order chi connectivity index (χ0) is 28.2. The number of aliphatic hydroxyl groups is 6. The van der Waals surface area contributed by atoms with Crippen LogP contribution in [0.5, 0.6) is 0 Å². The van der Waals surface area contributed by atoms with Crippen molar-refractivity contribution in [2.45, 2.75) is 101 Å². The second-order valence-electron chi connectivity index (χ2n) is 13.3. The van der Waals surface area contributed by atoms with Gasteiger partial charge in [0.15, 0.2) is 11.6 Å². The van der Waals surface area contributed by atoms with Crippen LogP contribution < -0.4 is 0 Å². The number of cyclic esters (lactones) is 1. The van der Waals surface area contributed by atoms with E-state index in [2.05, 4.69) is 0 Å². The van der Waals surface area contributed by atoms with Crippen molar-refractivity contribution in [3.05, 3.63) is 11.6 Å². The molecule has 0 aromatic rings. The van der Waals surface area contributed by atoms with E-state index in [4.69, 9.17) is 4.74 Å². The van der Waals surface area contributed by atoms with Gasteiger partial charge in [0, 0.05) is 35.5 Å². The highest BCUT2D eigenvalue weighted by molar-refractivity contribution is 6.00. The standard InChI is InChI=1S/C28H40O10/c1-13-14(12-38-23(13)34)7-21(32)26(4,35)19-5-6-27(36)16-9-22(33)28(37)11-18(30)17(29)10-24(28,2)15(16)8-20(31)25(19,27)3/h9,13-15,17-20,29-31,35-37H,5-8,10-12H2,1-4H3. The summed E-state index contributed by atoms with van der Waals surface area (Å²) in [6, 6.07) is 0. The zero-order valence-electron chi connectivity index (χ0n) is 22.4. The van der Waals surface area contributed by atoms with E-state index in [9.17, 15) is 45.0 Å². The van der Waals surface area contributed by atoms with Gasteiger partial charge in [0.1, 0.15) is 11.2 Å². The molecule has 10 heteroatoms. The van der Waals surface area contributed by atoms with Crippen LogP contribution in [0.4, 0.5) is 0 Å². The molecule has 0 aromatic carbocycles. The van der Waals surface area contributed by atoms with Crippen molar-refractivity contribution >= 4 is 17.5 Å². The maximum Gasteiger partial charge on any atom is 0.309 e. The molecule has 38 heavy (non-hydrogen) atoms. The van der Waals surface area contributed by atoms with Crippen molar-refractivity contribution in [1.29, 1.82) is 0 Å². The Morgan fingerprint density at radius 3 is 2.34 bits per heavy atom. The maximum atomic E-state index is 13.4. The Balaban J connectivity index is 1.51. The number of Topliss-reactive ketones (excluding diaryl/α,β-unsaturated/α-hetero) is 1. The fourth-order valence-electron chi connectivity index (χ4n) is 8.76. The normalized spacial score (nSPS) is 51.8. The third-order valence-corrected chi connectivity index (χ3v) is 11.6. The molecule has 6 N–H and O–H groups in total. The average Bonchev–Trinajstić information content (AvgIpc) is 3.30. The number of aliphatic hydroxyl groups excluding tert-OH is 3. The zero-order valence-corrected chi connectivity index (χ0v) is 22.4. The molecule has 0 spiro atoms. The van der Waals surface area contributed by atoms with Gasteiger partial charge in [-0.15, -0.1) is 0 Å². The summed E-state index contributed by atoms with van der Waals surface area (Å²) in [7, 11) is 0. The van der Waals surface area contributed by atoms with Crippen LogP contribution in [0.3, 0.4) is 0 Å². The topological polar surface area (TPSA) is 182 Å². The van der Waals surface area contributed by atoms with Gasteiger partial charge in [-0.05, 0) is 50.2 Å². The predicted molar refractivity (Wildman–Crippen MR) is 131 cm³/mol. The molecule has 0 bridgehead atoms. The molecular formula is C28H40O10. The molecule has 1 aliphatic heterocycles. The summed E-state index contributed by atoms with van der Waals surface area (Å²) in [6.07, 6.45) is -2.70. The highest BCUT2D eigenvalue weighted by Crippen LogP contribution is 2.69. The lowest BCUT2D eigenvalue weighted by Crippen LogP contribution is -2.71. The van der Waals surface area contributed by atoms with E-state index >= 15 is 0 Å².